The van der Waals surface area contributed by atoms with Crippen LogP contribution in [0.1, 0.15) is 27.7 Å². The number of benzene rings is 1. The summed E-state index contributed by atoms with van der Waals surface area (Å²) >= 11 is 0. The van der Waals surface area contributed by atoms with E-state index in [0.717, 1.165) is 0 Å². The van der Waals surface area contributed by atoms with E-state index in [1.165, 1.54) is 0 Å². The molecular weight excluding hydrogens is 224 g/mol. The molecule has 3 nitrogen and oxygen atoms in total. The van der Waals surface area contributed by atoms with Crippen LogP contribution in [0.25, 0.3) is 0 Å². The molecular formula is C12H18O3S. The maximum atomic E-state index is 12.1. The Bertz CT molecular complexity index is 429. The van der Waals surface area contributed by atoms with E-state index >= 15 is 0 Å². The SMILES string of the molecule is CC(OC(C)(C)C)S(=O)(=O)c1ccccc1. The quantitative estimate of drug-likeness (QED) is 0.818. The second-order valence-electron chi connectivity index (χ2n) is 4.66. The van der Waals surface area contributed by atoms with E-state index in [1.807, 2.05) is 20.8 Å². The highest BCUT2D eigenvalue weighted by Gasteiger charge is 2.27. The molecule has 0 aliphatic carbocycles. The highest BCUT2D eigenvalue weighted by Crippen LogP contribution is 2.20. The standard InChI is InChI=1S/C12H18O3S/c1-10(15-12(2,3)4)16(13,14)11-8-6-5-7-9-11/h5-10H,1-4H3. The van der Waals surface area contributed by atoms with Gasteiger partial charge in [-0.2, -0.15) is 0 Å². The number of rotatable bonds is 3. The predicted molar refractivity (Wildman–Crippen MR) is 63.9 cm³/mol. The van der Waals surface area contributed by atoms with E-state index < -0.39 is 20.9 Å². The van der Waals surface area contributed by atoms with Crippen molar-refractivity contribution in [2.24, 2.45) is 0 Å². The zero-order valence-corrected chi connectivity index (χ0v) is 10.9. The summed E-state index contributed by atoms with van der Waals surface area (Å²) in [5.74, 6) is 0. The molecule has 0 aliphatic rings. The van der Waals surface area contributed by atoms with Gasteiger partial charge in [-0.15, -0.1) is 0 Å². The number of sulfone groups is 1. The third kappa shape index (κ3) is 3.32. The molecule has 0 spiro atoms. The van der Waals surface area contributed by atoms with Crippen LogP contribution in [0.3, 0.4) is 0 Å². The Balaban J connectivity index is 2.96. The van der Waals surface area contributed by atoms with E-state index in [9.17, 15) is 8.42 Å². The lowest BCUT2D eigenvalue weighted by Gasteiger charge is -2.24. The summed E-state index contributed by atoms with van der Waals surface area (Å²) in [6.07, 6.45) is 0. The third-order valence-electron chi connectivity index (χ3n) is 2.03. The fourth-order valence-electron chi connectivity index (χ4n) is 1.36. The highest BCUT2D eigenvalue weighted by atomic mass is 32.2. The van der Waals surface area contributed by atoms with Crippen LogP contribution < -0.4 is 0 Å². The van der Waals surface area contributed by atoms with Crippen molar-refractivity contribution >= 4 is 9.84 Å². The summed E-state index contributed by atoms with van der Waals surface area (Å²) in [6.45, 7) is 7.08. The summed E-state index contributed by atoms with van der Waals surface area (Å²) in [5, 5.41) is 0. The van der Waals surface area contributed by atoms with Crippen molar-refractivity contribution in [2.75, 3.05) is 0 Å². The minimum absolute atomic E-state index is 0.298. The second-order valence-corrected chi connectivity index (χ2v) is 6.88. The molecule has 0 radical (unpaired) electrons. The van der Waals surface area contributed by atoms with Gasteiger partial charge in [-0.1, -0.05) is 18.2 Å². The molecule has 16 heavy (non-hydrogen) atoms. The van der Waals surface area contributed by atoms with E-state index in [4.69, 9.17) is 4.74 Å². The van der Waals surface area contributed by atoms with Gasteiger partial charge in [-0.3, -0.25) is 0 Å². The summed E-state index contributed by atoms with van der Waals surface area (Å²) < 4.78 is 29.6. The van der Waals surface area contributed by atoms with E-state index in [0.29, 0.717) is 4.90 Å². The Kier molecular flexibility index (Phi) is 3.76. The normalized spacial score (nSPS) is 14.8. The molecule has 0 aliphatic heterocycles. The monoisotopic (exact) mass is 242 g/mol. The molecule has 90 valence electrons. The van der Waals surface area contributed by atoms with Crippen molar-refractivity contribution in [3.8, 4) is 0 Å². The maximum Gasteiger partial charge on any atom is 0.204 e. The van der Waals surface area contributed by atoms with Gasteiger partial charge in [0.1, 0.15) is 0 Å². The smallest absolute Gasteiger partial charge is 0.204 e. The van der Waals surface area contributed by atoms with Gasteiger partial charge in [-0.05, 0) is 39.8 Å². The largest absolute Gasteiger partial charge is 0.357 e. The van der Waals surface area contributed by atoms with Crippen molar-refractivity contribution in [3.05, 3.63) is 30.3 Å². The molecule has 4 heteroatoms. The molecule has 0 amide bonds. The van der Waals surface area contributed by atoms with Gasteiger partial charge in [0, 0.05) is 0 Å². The maximum absolute atomic E-state index is 12.1. The lowest BCUT2D eigenvalue weighted by atomic mass is 10.2. The molecule has 1 aromatic carbocycles. The van der Waals surface area contributed by atoms with Gasteiger partial charge in [-0.25, -0.2) is 8.42 Å². The van der Waals surface area contributed by atoms with Crippen molar-refractivity contribution in [1.29, 1.82) is 0 Å². The summed E-state index contributed by atoms with van der Waals surface area (Å²) in [5.41, 5.74) is -1.31. The van der Waals surface area contributed by atoms with Crippen molar-refractivity contribution in [3.63, 3.8) is 0 Å². The fourth-order valence-corrected chi connectivity index (χ4v) is 2.70. The number of hydrogen-bond acceptors (Lipinski definition) is 3. The molecule has 0 bridgehead atoms. The predicted octanol–water partition coefficient (Wildman–Crippen LogP) is 2.62. The van der Waals surface area contributed by atoms with E-state index in [1.54, 1.807) is 37.3 Å². The van der Waals surface area contributed by atoms with E-state index in [-0.39, 0.29) is 0 Å². The lowest BCUT2D eigenvalue weighted by Crippen LogP contribution is -2.31. The summed E-state index contributed by atoms with van der Waals surface area (Å²) in [4.78, 5) is 0.298. The number of hydrogen-bond donors (Lipinski definition) is 0. The van der Waals surface area contributed by atoms with Crippen LogP contribution in [-0.4, -0.2) is 19.5 Å². The zero-order valence-electron chi connectivity index (χ0n) is 10.1. The number of ether oxygens (including phenoxy) is 1. The molecule has 1 rings (SSSR count). The Labute approximate surface area is 97.4 Å². The minimum Gasteiger partial charge on any atom is -0.357 e. The third-order valence-corrected chi connectivity index (χ3v) is 3.93. The van der Waals surface area contributed by atoms with Crippen LogP contribution in [0, 0.1) is 0 Å². The van der Waals surface area contributed by atoms with Crippen molar-refractivity contribution < 1.29 is 13.2 Å². The fraction of sp³-hybridized carbons (Fsp3) is 0.500. The molecule has 0 N–H and O–H groups in total. The lowest BCUT2D eigenvalue weighted by molar-refractivity contribution is -0.0157. The average Bonchev–Trinajstić information content (AvgIpc) is 2.16. The van der Waals surface area contributed by atoms with Gasteiger partial charge in [0.2, 0.25) is 9.84 Å². The average molecular weight is 242 g/mol. The van der Waals surface area contributed by atoms with Crippen LogP contribution in [0.2, 0.25) is 0 Å². The molecule has 0 saturated carbocycles. The topological polar surface area (TPSA) is 43.4 Å². The molecule has 0 saturated heterocycles. The molecule has 1 atom stereocenters. The Hall–Kier alpha value is -0.870. The highest BCUT2D eigenvalue weighted by molar-refractivity contribution is 7.91. The summed E-state index contributed by atoms with van der Waals surface area (Å²) in [7, 11) is -3.39. The Morgan fingerprint density at radius 2 is 1.62 bits per heavy atom. The molecule has 0 fully saturated rings. The minimum atomic E-state index is -3.39. The molecule has 1 unspecified atom stereocenters. The Morgan fingerprint density at radius 3 is 2.06 bits per heavy atom. The Morgan fingerprint density at radius 1 is 1.12 bits per heavy atom. The van der Waals surface area contributed by atoms with Gasteiger partial charge in [0.25, 0.3) is 0 Å². The van der Waals surface area contributed by atoms with Crippen LogP contribution in [0.5, 0.6) is 0 Å². The first kappa shape index (κ1) is 13.2. The van der Waals surface area contributed by atoms with Crippen LogP contribution in [0.4, 0.5) is 0 Å². The molecule has 1 aromatic rings. The first-order valence-electron chi connectivity index (χ1n) is 5.20. The van der Waals surface area contributed by atoms with Crippen molar-refractivity contribution in [1.82, 2.24) is 0 Å². The van der Waals surface area contributed by atoms with Gasteiger partial charge in [0.05, 0.1) is 10.5 Å². The van der Waals surface area contributed by atoms with Gasteiger partial charge in [0.15, 0.2) is 5.44 Å². The first-order valence-corrected chi connectivity index (χ1v) is 6.75. The molecule has 0 heterocycles. The van der Waals surface area contributed by atoms with Gasteiger partial charge < -0.3 is 4.74 Å². The zero-order chi connectivity index (χ0) is 12.4. The van der Waals surface area contributed by atoms with Crippen LogP contribution >= 0.6 is 0 Å². The van der Waals surface area contributed by atoms with E-state index in [2.05, 4.69) is 0 Å². The van der Waals surface area contributed by atoms with Gasteiger partial charge >= 0.3 is 0 Å². The molecule has 0 aromatic heterocycles. The van der Waals surface area contributed by atoms with Crippen molar-refractivity contribution in [2.45, 2.75) is 43.6 Å². The van der Waals surface area contributed by atoms with Crippen LogP contribution in [0.15, 0.2) is 35.2 Å². The van der Waals surface area contributed by atoms with Crippen LogP contribution in [-0.2, 0) is 14.6 Å². The summed E-state index contributed by atoms with van der Waals surface area (Å²) in [6, 6.07) is 8.36. The first-order chi connectivity index (χ1) is 7.23. The second kappa shape index (κ2) is 4.55.